The van der Waals surface area contributed by atoms with Gasteiger partial charge in [-0.1, -0.05) is 25.7 Å². The highest BCUT2D eigenvalue weighted by Gasteiger charge is 2.25. The molecule has 8 heteroatoms. The second-order valence-corrected chi connectivity index (χ2v) is 15.1. The van der Waals surface area contributed by atoms with E-state index in [1.807, 2.05) is 47.0 Å². The second kappa shape index (κ2) is 15.8. The number of hydrogen-bond acceptors (Lipinski definition) is 8. The van der Waals surface area contributed by atoms with Crippen molar-refractivity contribution >= 4 is 70.6 Å². The van der Waals surface area contributed by atoms with Gasteiger partial charge >= 0.3 is 0 Å². The average Bonchev–Trinajstić information content (AvgIpc) is 3.31. The summed E-state index contributed by atoms with van der Waals surface area (Å²) in [5.74, 6) is 7.38. The first-order valence-corrected chi connectivity index (χ1v) is 16.0. The maximum Gasteiger partial charge on any atom is 0.0597 e. The van der Waals surface area contributed by atoms with E-state index in [1.54, 1.807) is 0 Å². The molecule has 0 amide bonds. The molecule has 0 aromatic carbocycles. The highest BCUT2D eigenvalue weighted by atomic mass is 32.2. The Morgan fingerprint density at radius 1 is 0.654 bits per heavy atom. The lowest BCUT2D eigenvalue weighted by atomic mass is 10.1. The Kier molecular flexibility index (Phi) is 14.8. The van der Waals surface area contributed by atoms with Crippen molar-refractivity contribution in [1.82, 2.24) is 0 Å². The second-order valence-electron chi connectivity index (χ2n) is 6.68. The minimum atomic E-state index is 0.347. The molecule has 2 aliphatic rings. The third-order valence-electron chi connectivity index (χ3n) is 4.37. The molecule has 2 N–H and O–H groups in total. The van der Waals surface area contributed by atoms with Crippen molar-refractivity contribution in [2.75, 3.05) is 47.7 Å². The zero-order chi connectivity index (χ0) is 18.5. The first kappa shape index (κ1) is 24.3. The lowest BCUT2D eigenvalue weighted by molar-refractivity contribution is 0.301. The van der Waals surface area contributed by atoms with Crippen LogP contribution in [0.15, 0.2) is 0 Å². The molecule has 0 saturated carbocycles. The number of hydrogen-bond donors (Lipinski definition) is 2. The molecule has 26 heavy (non-hydrogen) atoms. The SMILES string of the molecule is OCC1CSC(CSCCCCCCCCSCC2SCC(CO)S2)S1. The molecule has 2 rings (SSSR count). The van der Waals surface area contributed by atoms with Gasteiger partial charge in [-0.2, -0.15) is 23.5 Å². The van der Waals surface area contributed by atoms with Crippen LogP contribution in [0, 0.1) is 0 Å². The predicted octanol–water partition coefficient (Wildman–Crippen LogP) is 5.13. The Morgan fingerprint density at radius 3 is 1.46 bits per heavy atom. The van der Waals surface area contributed by atoms with Crippen LogP contribution < -0.4 is 0 Å². The Bertz CT molecular complexity index is 318. The molecule has 154 valence electrons. The molecule has 2 fully saturated rings. The Balaban J connectivity index is 1.27. The zero-order valence-corrected chi connectivity index (χ0v) is 20.5. The molecule has 2 heterocycles. The highest BCUT2D eigenvalue weighted by Crippen LogP contribution is 2.40. The fraction of sp³-hybridized carbons (Fsp3) is 1.00. The number of aliphatic hydroxyl groups excluding tert-OH is 2. The van der Waals surface area contributed by atoms with Crippen molar-refractivity contribution in [3.05, 3.63) is 0 Å². The predicted molar refractivity (Wildman–Crippen MR) is 132 cm³/mol. The largest absolute Gasteiger partial charge is 0.395 e. The van der Waals surface area contributed by atoms with E-state index >= 15 is 0 Å². The molecular formula is C18H34O2S6. The van der Waals surface area contributed by atoms with Crippen LogP contribution in [0.5, 0.6) is 0 Å². The molecule has 2 saturated heterocycles. The zero-order valence-electron chi connectivity index (χ0n) is 15.6. The van der Waals surface area contributed by atoms with Crippen molar-refractivity contribution in [2.24, 2.45) is 0 Å². The summed E-state index contributed by atoms with van der Waals surface area (Å²) in [4.78, 5) is 0. The van der Waals surface area contributed by atoms with Crippen LogP contribution >= 0.6 is 70.6 Å². The number of rotatable bonds is 15. The molecule has 2 aliphatic heterocycles. The van der Waals surface area contributed by atoms with Crippen molar-refractivity contribution in [2.45, 2.75) is 58.2 Å². The lowest BCUT2D eigenvalue weighted by Gasteiger charge is -2.09. The van der Waals surface area contributed by atoms with E-state index in [4.69, 9.17) is 10.2 Å². The summed E-state index contributed by atoms with van der Waals surface area (Å²) in [5, 5.41) is 19.3. The monoisotopic (exact) mass is 474 g/mol. The van der Waals surface area contributed by atoms with Crippen LogP contribution in [-0.2, 0) is 0 Å². The number of unbranched alkanes of at least 4 members (excludes halogenated alkanes) is 5. The van der Waals surface area contributed by atoms with Gasteiger partial charge < -0.3 is 10.2 Å². The first-order chi connectivity index (χ1) is 12.8. The highest BCUT2D eigenvalue weighted by molar-refractivity contribution is 8.22. The molecule has 0 bridgehead atoms. The third-order valence-corrected chi connectivity index (χ3v) is 14.0. The van der Waals surface area contributed by atoms with Crippen LogP contribution in [0.3, 0.4) is 0 Å². The van der Waals surface area contributed by atoms with Gasteiger partial charge in [-0.3, -0.25) is 0 Å². The van der Waals surface area contributed by atoms with Crippen LogP contribution in [-0.4, -0.2) is 77.6 Å². The van der Waals surface area contributed by atoms with Gasteiger partial charge in [0.25, 0.3) is 0 Å². The van der Waals surface area contributed by atoms with Crippen molar-refractivity contribution in [3.8, 4) is 0 Å². The van der Waals surface area contributed by atoms with Gasteiger partial charge in [0.1, 0.15) is 0 Å². The summed E-state index contributed by atoms with van der Waals surface area (Å²) in [6.45, 7) is 0.694. The first-order valence-electron chi connectivity index (χ1n) is 9.73. The third kappa shape index (κ3) is 10.7. The molecule has 0 radical (unpaired) electrons. The van der Waals surface area contributed by atoms with Crippen molar-refractivity contribution in [3.63, 3.8) is 0 Å². The van der Waals surface area contributed by atoms with Gasteiger partial charge in [0.05, 0.1) is 22.4 Å². The molecular weight excluding hydrogens is 441 g/mol. The van der Waals surface area contributed by atoms with Gasteiger partial charge in [0, 0.05) is 33.5 Å². The fourth-order valence-corrected chi connectivity index (χ4v) is 12.2. The Morgan fingerprint density at radius 2 is 1.08 bits per heavy atom. The van der Waals surface area contributed by atoms with Crippen LogP contribution in [0.1, 0.15) is 38.5 Å². The Labute approximate surface area is 185 Å². The normalized spacial score (nSPS) is 28.8. The summed E-state index contributed by atoms with van der Waals surface area (Å²) < 4.78 is 1.43. The van der Waals surface area contributed by atoms with Crippen LogP contribution in [0.2, 0.25) is 0 Å². The summed E-state index contributed by atoms with van der Waals surface area (Å²) in [6, 6.07) is 0. The molecule has 0 aromatic rings. The van der Waals surface area contributed by atoms with Crippen molar-refractivity contribution < 1.29 is 10.2 Å². The molecule has 0 aromatic heterocycles. The summed E-state index contributed by atoms with van der Waals surface area (Å²) >= 11 is 12.2. The fourth-order valence-electron chi connectivity index (χ4n) is 2.86. The number of aliphatic hydroxyl groups is 2. The summed E-state index contributed by atoms with van der Waals surface area (Å²) in [6.07, 6.45) is 8.32. The van der Waals surface area contributed by atoms with E-state index in [-0.39, 0.29) is 0 Å². The van der Waals surface area contributed by atoms with E-state index in [1.165, 1.54) is 61.5 Å². The summed E-state index contributed by atoms with van der Waals surface area (Å²) in [5.41, 5.74) is 0. The van der Waals surface area contributed by atoms with Gasteiger partial charge in [0.2, 0.25) is 0 Å². The van der Waals surface area contributed by atoms with Gasteiger partial charge in [-0.25, -0.2) is 0 Å². The van der Waals surface area contributed by atoms with Gasteiger partial charge in [-0.15, -0.1) is 47.0 Å². The van der Waals surface area contributed by atoms with Crippen LogP contribution in [0.25, 0.3) is 0 Å². The lowest BCUT2D eigenvalue weighted by Crippen LogP contribution is -2.06. The topological polar surface area (TPSA) is 40.5 Å². The standard InChI is InChI=1S/C18H34O2S6/c19-9-15-11-23-17(25-15)13-21-7-5-3-1-2-4-6-8-22-14-18-24-12-16(10-20)26-18/h15-20H,1-14H2. The maximum absolute atomic E-state index is 9.16. The molecule has 0 aliphatic carbocycles. The average molecular weight is 475 g/mol. The molecule has 4 atom stereocenters. The van der Waals surface area contributed by atoms with Gasteiger partial charge in [-0.05, 0) is 24.3 Å². The maximum atomic E-state index is 9.16. The molecule has 4 unspecified atom stereocenters. The van der Waals surface area contributed by atoms with E-state index in [0.29, 0.717) is 32.9 Å². The smallest absolute Gasteiger partial charge is 0.0597 e. The minimum absolute atomic E-state index is 0.347. The molecule has 0 spiro atoms. The Hall–Kier alpha value is 2.02. The minimum Gasteiger partial charge on any atom is -0.395 e. The van der Waals surface area contributed by atoms with E-state index < -0.39 is 0 Å². The molecule has 2 nitrogen and oxygen atoms in total. The van der Waals surface area contributed by atoms with Gasteiger partial charge in [0.15, 0.2) is 0 Å². The quantitative estimate of drug-likeness (QED) is 0.317. The van der Waals surface area contributed by atoms with Crippen LogP contribution in [0.4, 0.5) is 0 Å². The van der Waals surface area contributed by atoms with E-state index in [2.05, 4.69) is 23.5 Å². The number of thioether (sulfide) groups is 6. The summed E-state index contributed by atoms with van der Waals surface area (Å²) in [7, 11) is 0. The van der Waals surface area contributed by atoms with Crippen molar-refractivity contribution in [1.29, 1.82) is 0 Å². The van der Waals surface area contributed by atoms with E-state index in [9.17, 15) is 0 Å². The van der Waals surface area contributed by atoms with E-state index in [0.717, 1.165) is 11.5 Å².